The number of fused-ring (bicyclic) bond motifs is 8. The van der Waals surface area contributed by atoms with Crippen molar-refractivity contribution in [1.29, 1.82) is 0 Å². The van der Waals surface area contributed by atoms with Crippen molar-refractivity contribution < 1.29 is 0 Å². The molecule has 3 heteroatoms. The maximum Gasteiger partial charge on any atom is 0.235 e. The van der Waals surface area contributed by atoms with Gasteiger partial charge in [0, 0.05) is 21.7 Å². The minimum atomic E-state index is 0.665. The van der Waals surface area contributed by atoms with Gasteiger partial charge in [-0.3, -0.25) is 4.57 Å². The van der Waals surface area contributed by atoms with E-state index in [0.29, 0.717) is 5.95 Å². The van der Waals surface area contributed by atoms with Gasteiger partial charge >= 0.3 is 0 Å². The zero-order chi connectivity index (χ0) is 38.9. The lowest BCUT2D eigenvalue weighted by Crippen LogP contribution is -2.03. The number of aromatic nitrogens is 3. The second-order valence-corrected chi connectivity index (χ2v) is 15.3. The molecule has 0 amide bonds. The molecule has 59 heavy (non-hydrogen) atoms. The molecule has 274 valence electrons. The minimum absolute atomic E-state index is 0.665. The van der Waals surface area contributed by atoms with Crippen molar-refractivity contribution in [1.82, 2.24) is 14.5 Å². The van der Waals surface area contributed by atoms with Gasteiger partial charge in [-0.25, -0.2) is 9.97 Å². The van der Waals surface area contributed by atoms with E-state index in [0.717, 1.165) is 38.8 Å². The fraction of sp³-hybridized carbons (Fsp3) is 0. The maximum atomic E-state index is 5.34. The first-order valence-corrected chi connectivity index (χ1v) is 20.2. The van der Waals surface area contributed by atoms with Crippen LogP contribution in [-0.4, -0.2) is 14.5 Å². The molecule has 12 rings (SSSR count). The van der Waals surface area contributed by atoms with E-state index >= 15 is 0 Å². The summed E-state index contributed by atoms with van der Waals surface area (Å²) in [5.74, 6) is 0.665. The first kappa shape index (κ1) is 33.3. The summed E-state index contributed by atoms with van der Waals surface area (Å²) in [6.45, 7) is 0. The van der Waals surface area contributed by atoms with Crippen molar-refractivity contribution in [3.05, 3.63) is 212 Å². The van der Waals surface area contributed by atoms with E-state index in [-0.39, 0.29) is 0 Å². The van der Waals surface area contributed by atoms with Crippen LogP contribution in [0.1, 0.15) is 0 Å². The van der Waals surface area contributed by atoms with Crippen molar-refractivity contribution >= 4 is 65.0 Å². The third-order valence-electron chi connectivity index (χ3n) is 12.0. The van der Waals surface area contributed by atoms with Gasteiger partial charge in [0.1, 0.15) is 0 Å². The predicted octanol–water partition coefficient (Wildman–Crippen LogP) is 14.9. The molecule has 2 heterocycles. The zero-order valence-electron chi connectivity index (χ0n) is 32.0. The molecule has 0 unspecified atom stereocenters. The van der Waals surface area contributed by atoms with Crippen molar-refractivity contribution in [3.63, 3.8) is 0 Å². The van der Waals surface area contributed by atoms with Gasteiger partial charge in [0.05, 0.1) is 22.2 Å². The Kier molecular flexibility index (Phi) is 7.54. The summed E-state index contributed by atoms with van der Waals surface area (Å²) in [4.78, 5) is 10.5. The fourth-order valence-corrected chi connectivity index (χ4v) is 9.30. The van der Waals surface area contributed by atoms with Gasteiger partial charge in [0.2, 0.25) is 5.95 Å². The van der Waals surface area contributed by atoms with Crippen LogP contribution in [0.2, 0.25) is 0 Å². The molecular weight excluding hydrogens is 715 g/mol. The molecule has 0 bridgehead atoms. The summed E-state index contributed by atoms with van der Waals surface area (Å²) in [6, 6.07) is 76.4. The van der Waals surface area contributed by atoms with E-state index in [2.05, 4.69) is 217 Å². The molecule has 2 aromatic heterocycles. The van der Waals surface area contributed by atoms with Crippen LogP contribution in [0, 0.1) is 0 Å². The lowest BCUT2D eigenvalue weighted by Gasteiger charge is -2.15. The SMILES string of the molecule is c1cc(-c2cc3ccccc3c3ccccc23)cc(-c2cccc3cccc(-c4ccc(-c5nc(-n6c7ccccc7c7ccccc76)nc6ccccc56)cc4)c23)c1. The lowest BCUT2D eigenvalue weighted by atomic mass is 9.89. The van der Waals surface area contributed by atoms with Gasteiger partial charge in [-0.05, 0) is 96.0 Å². The molecule has 12 aromatic rings. The summed E-state index contributed by atoms with van der Waals surface area (Å²) in [5.41, 5.74) is 12.3. The van der Waals surface area contributed by atoms with Gasteiger partial charge in [-0.15, -0.1) is 0 Å². The van der Waals surface area contributed by atoms with E-state index in [9.17, 15) is 0 Å². The standard InChI is InChI=1S/C56H35N3/c1-2-19-42-41(14-1)35-50(46-21-4-3-20-45(42)46)40-18-11-17-39(34-40)44-26-13-16-37-15-12-25-43(54(37)44)36-30-32-38(33-31-36)55-49-24-5-8-27-51(49)57-56(58-55)59-52-28-9-6-22-47(52)48-23-7-10-29-53(48)59/h1-35H. The molecule has 0 saturated carbocycles. The molecule has 0 aliphatic heterocycles. The van der Waals surface area contributed by atoms with E-state index in [1.165, 1.54) is 70.9 Å². The Morgan fingerprint density at radius 1 is 0.305 bits per heavy atom. The molecule has 0 N–H and O–H groups in total. The van der Waals surface area contributed by atoms with Crippen LogP contribution in [-0.2, 0) is 0 Å². The highest BCUT2D eigenvalue weighted by Gasteiger charge is 2.18. The number of hydrogen-bond acceptors (Lipinski definition) is 2. The van der Waals surface area contributed by atoms with Crippen molar-refractivity contribution in [2.24, 2.45) is 0 Å². The number of nitrogens with zero attached hydrogens (tertiary/aromatic N) is 3. The third kappa shape index (κ3) is 5.36. The quantitative estimate of drug-likeness (QED) is 0.164. The zero-order valence-corrected chi connectivity index (χ0v) is 32.0. The summed E-state index contributed by atoms with van der Waals surface area (Å²) in [6.07, 6.45) is 0. The van der Waals surface area contributed by atoms with Crippen LogP contribution in [0.15, 0.2) is 212 Å². The molecule has 0 fully saturated rings. The second kappa shape index (κ2) is 13.4. The summed E-state index contributed by atoms with van der Waals surface area (Å²) < 4.78 is 2.20. The average molecular weight is 750 g/mol. The minimum Gasteiger partial charge on any atom is -0.278 e. The van der Waals surface area contributed by atoms with Crippen molar-refractivity contribution in [3.8, 4) is 50.6 Å². The lowest BCUT2D eigenvalue weighted by molar-refractivity contribution is 1.01. The molecule has 0 radical (unpaired) electrons. The molecule has 0 aliphatic carbocycles. The van der Waals surface area contributed by atoms with E-state index in [1.54, 1.807) is 0 Å². The predicted molar refractivity (Wildman–Crippen MR) is 248 cm³/mol. The van der Waals surface area contributed by atoms with Crippen LogP contribution in [0.5, 0.6) is 0 Å². The number of para-hydroxylation sites is 3. The normalized spacial score (nSPS) is 11.7. The topological polar surface area (TPSA) is 30.7 Å². The number of benzene rings is 10. The molecule has 3 nitrogen and oxygen atoms in total. The Bertz CT molecular complexity index is 3560. The highest BCUT2D eigenvalue weighted by Crippen LogP contribution is 2.41. The fourth-order valence-electron chi connectivity index (χ4n) is 9.30. The maximum absolute atomic E-state index is 5.34. The monoisotopic (exact) mass is 749 g/mol. The Morgan fingerprint density at radius 2 is 0.831 bits per heavy atom. The molecule has 0 saturated heterocycles. The average Bonchev–Trinajstić information content (AvgIpc) is 3.65. The van der Waals surface area contributed by atoms with Crippen LogP contribution in [0.25, 0.3) is 116 Å². The number of hydrogen-bond donors (Lipinski definition) is 0. The van der Waals surface area contributed by atoms with Gasteiger partial charge in [-0.2, -0.15) is 0 Å². The van der Waals surface area contributed by atoms with Gasteiger partial charge in [-0.1, -0.05) is 182 Å². The number of rotatable bonds is 5. The summed E-state index contributed by atoms with van der Waals surface area (Å²) >= 11 is 0. The second-order valence-electron chi connectivity index (χ2n) is 15.3. The summed E-state index contributed by atoms with van der Waals surface area (Å²) in [7, 11) is 0. The smallest absolute Gasteiger partial charge is 0.235 e. The Balaban J connectivity index is 0.984. The highest BCUT2D eigenvalue weighted by atomic mass is 15.2. The van der Waals surface area contributed by atoms with Crippen LogP contribution in [0.3, 0.4) is 0 Å². The molecule has 0 atom stereocenters. The van der Waals surface area contributed by atoms with Crippen molar-refractivity contribution in [2.45, 2.75) is 0 Å². The van der Waals surface area contributed by atoms with E-state index in [4.69, 9.17) is 9.97 Å². The highest BCUT2D eigenvalue weighted by molar-refractivity contribution is 6.14. The Morgan fingerprint density at radius 3 is 1.56 bits per heavy atom. The van der Waals surface area contributed by atoms with Crippen LogP contribution >= 0.6 is 0 Å². The van der Waals surface area contributed by atoms with Crippen LogP contribution in [0.4, 0.5) is 0 Å². The van der Waals surface area contributed by atoms with Gasteiger partial charge < -0.3 is 0 Å². The Hall–Kier alpha value is -7.88. The first-order valence-electron chi connectivity index (χ1n) is 20.2. The molecule has 10 aromatic carbocycles. The van der Waals surface area contributed by atoms with Gasteiger partial charge in [0.15, 0.2) is 0 Å². The van der Waals surface area contributed by atoms with Crippen LogP contribution < -0.4 is 0 Å². The molecule has 0 aliphatic rings. The molecular formula is C56H35N3. The third-order valence-corrected chi connectivity index (χ3v) is 12.0. The summed E-state index contributed by atoms with van der Waals surface area (Å²) in [5, 5.41) is 10.9. The van der Waals surface area contributed by atoms with Gasteiger partial charge in [0.25, 0.3) is 0 Å². The Labute approximate surface area is 341 Å². The largest absolute Gasteiger partial charge is 0.278 e. The van der Waals surface area contributed by atoms with E-state index in [1.807, 2.05) is 0 Å². The molecule has 0 spiro atoms. The first-order chi connectivity index (χ1) is 29.3. The van der Waals surface area contributed by atoms with E-state index < -0.39 is 0 Å². The van der Waals surface area contributed by atoms with Crippen molar-refractivity contribution in [2.75, 3.05) is 0 Å².